The van der Waals surface area contributed by atoms with Crippen molar-refractivity contribution in [1.29, 1.82) is 0 Å². The minimum atomic E-state index is -3.99. The molecule has 2 saturated carbocycles. The molecule has 23 nitrogen and oxygen atoms in total. The van der Waals surface area contributed by atoms with E-state index in [1.165, 1.54) is 32.5 Å². The second-order valence-electron chi connectivity index (χ2n) is 24.5. The summed E-state index contributed by atoms with van der Waals surface area (Å²) < 4.78 is 136. The second-order valence-corrected chi connectivity index (χ2v) is 28.9. The highest BCUT2D eigenvalue weighted by Crippen LogP contribution is 2.38. The molecule has 4 atom stereocenters. The third-order valence-corrected chi connectivity index (χ3v) is 18.6. The zero-order chi connectivity index (χ0) is 72.0. The first-order valence-corrected chi connectivity index (χ1v) is 33.9. The number of carboxylic acids is 1. The molecule has 10 rings (SSSR count). The molecule has 100 heavy (non-hydrogen) atoms. The molecule has 2 aliphatic carbocycles. The number of nitrogens with zero attached hydrogens (tertiary/aromatic N) is 6. The molecule has 4 heterocycles. The van der Waals surface area contributed by atoms with Gasteiger partial charge in [-0.05, 0) is 129 Å². The van der Waals surface area contributed by atoms with Gasteiger partial charge in [0.15, 0.2) is 0 Å². The lowest BCUT2D eigenvalue weighted by molar-refractivity contribution is -0.163. The first-order valence-electron chi connectivity index (χ1n) is 31.0. The summed E-state index contributed by atoms with van der Waals surface area (Å²) in [5.41, 5.74) is 7.31. The number of carbonyl (C=O) groups is 4. The number of carboxylic acid groups (broad SMARTS) is 1. The van der Waals surface area contributed by atoms with Crippen LogP contribution in [0.1, 0.15) is 109 Å². The quantitative estimate of drug-likeness (QED) is 0.0417. The molecule has 0 unspecified atom stereocenters. The van der Waals surface area contributed by atoms with Gasteiger partial charge in [0, 0.05) is 58.5 Å². The third-order valence-electron chi connectivity index (χ3n) is 14.7. The Hall–Kier alpha value is -8.42. The van der Waals surface area contributed by atoms with E-state index in [0.29, 0.717) is 75.6 Å². The summed E-state index contributed by atoms with van der Waals surface area (Å²) in [6.07, 6.45) is 9.95. The van der Waals surface area contributed by atoms with Gasteiger partial charge in [0.25, 0.3) is 26.0 Å². The molecule has 546 valence electrons. The molecule has 4 aromatic carbocycles. The summed E-state index contributed by atoms with van der Waals surface area (Å²) in [4.78, 5) is 63.4. The predicted molar refractivity (Wildman–Crippen MR) is 379 cm³/mol. The van der Waals surface area contributed by atoms with Crippen molar-refractivity contribution in [2.75, 3.05) is 30.9 Å². The van der Waals surface area contributed by atoms with E-state index in [1.54, 1.807) is 138 Å². The molecule has 0 bridgehead atoms. The van der Waals surface area contributed by atoms with E-state index in [9.17, 15) is 58.0 Å². The van der Waals surface area contributed by atoms with Gasteiger partial charge in [0.05, 0.1) is 76.3 Å². The molecular formula is C67H84Cl3F5N12O11S2. The van der Waals surface area contributed by atoms with Crippen molar-refractivity contribution in [3.63, 3.8) is 0 Å². The second kappa shape index (κ2) is 35.8. The highest BCUT2D eigenvalue weighted by atomic mass is 35.5. The summed E-state index contributed by atoms with van der Waals surface area (Å²) in [6, 6.07) is 30.3. The van der Waals surface area contributed by atoms with Crippen LogP contribution in [0.15, 0.2) is 144 Å². The number of nitrogens with one attached hydrogen (secondary N) is 5. The van der Waals surface area contributed by atoms with Crippen molar-refractivity contribution in [1.82, 2.24) is 43.8 Å². The Balaban J connectivity index is 0.000000348. The average molecular weight is 1500 g/mol. The van der Waals surface area contributed by atoms with E-state index in [2.05, 4.69) is 40.6 Å². The lowest BCUT2D eigenvalue weighted by Crippen LogP contribution is -2.52. The number of aliphatic carboxylic acids is 1. The summed E-state index contributed by atoms with van der Waals surface area (Å²) in [6.45, 7) is 6.97. The number of hydrogen-bond acceptors (Lipinski definition) is 17. The summed E-state index contributed by atoms with van der Waals surface area (Å²) in [5, 5.41) is 22.5. The molecule has 4 aromatic heterocycles. The van der Waals surface area contributed by atoms with Gasteiger partial charge in [-0.15, -0.1) is 12.4 Å². The minimum Gasteiger partial charge on any atom is -0.477 e. The first-order chi connectivity index (χ1) is 46.0. The maximum Gasteiger partial charge on any atom is 0.407 e. The topological polar surface area (TPSA) is 323 Å². The fourth-order valence-corrected chi connectivity index (χ4v) is 13.5. The molecule has 0 saturated heterocycles. The maximum absolute atomic E-state index is 14.6. The zero-order valence-electron chi connectivity index (χ0n) is 55.0. The number of rotatable bonds is 17. The predicted octanol–water partition coefficient (Wildman–Crippen LogP) is 14.2. The van der Waals surface area contributed by atoms with Crippen LogP contribution in [0.3, 0.4) is 0 Å². The van der Waals surface area contributed by atoms with Crippen molar-refractivity contribution in [3.8, 4) is 22.5 Å². The number of anilines is 2. The lowest BCUT2D eigenvalue weighted by atomic mass is 9.91. The van der Waals surface area contributed by atoms with Crippen LogP contribution in [0.5, 0.6) is 0 Å². The number of carbonyl (C=O) groups excluding carboxylic acids is 3. The lowest BCUT2D eigenvalue weighted by Gasteiger charge is -2.31. The number of aromatic nitrogens is 6. The normalized spacial score (nSPS) is 16.4. The van der Waals surface area contributed by atoms with E-state index in [0.717, 1.165) is 31.1 Å². The van der Waals surface area contributed by atoms with E-state index >= 15 is 0 Å². The smallest absolute Gasteiger partial charge is 0.407 e. The number of para-hydroxylation sites is 2. The number of benzene rings is 4. The molecule has 33 heteroatoms. The molecule has 2 aliphatic rings. The van der Waals surface area contributed by atoms with E-state index in [4.69, 9.17) is 40.1 Å². The van der Waals surface area contributed by atoms with E-state index in [1.807, 2.05) is 23.5 Å². The Morgan fingerprint density at radius 3 is 1.38 bits per heavy atom. The van der Waals surface area contributed by atoms with Crippen LogP contribution in [-0.2, 0) is 39.1 Å². The minimum absolute atomic E-state index is 0. The molecule has 2 fully saturated rings. The number of fused-ring (bicyclic) bond motifs is 2. The number of amides is 3. The van der Waals surface area contributed by atoms with Crippen LogP contribution in [0.25, 0.3) is 44.3 Å². The number of halogens is 8. The molecule has 0 aliphatic heterocycles. The van der Waals surface area contributed by atoms with Gasteiger partial charge in [-0.25, -0.2) is 59.1 Å². The Labute approximate surface area is 595 Å². The van der Waals surface area contributed by atoms with Gasteiger partial charge in [0.1, 0.15) is 11.2 Å². The van der Waals surface area contributed by atoms with Crippen LogP contribution >= 0.6 is 35.6 Å². The number of nitrogens with two attached hydrogens (primary N) is 1. The molecule has 0 radical (unpaired) electrons. The fraction of sp³-hybridized carbons (Fsp3) is 0.403. The van der Waals surface area contributed by atoms with Gasteiger partial charge in [-0.1, -0.05) is 111 Å². The van der Waals surface area contributed by atoms with Gasteiger partial charge >= 0.3 is 30.0 Å². The van der Waals surface area contributed by atoms with Gasteiger partial charge in [-0.2, -0.15) is 17.6 Å². The first kappa shape index (κ1) is 82.2. The van der Waals surface area contributed by atoms with Crippen molar-refractivity contribution < 1.29 is 73.9 Å². The van der Waals surface area contributed by atoms with Crippen molar-refractivity contribution >= 4 is 113 Å². The van der Waals surface area contributed by atoms with Crippen LogP contribution in [-0.4, -0.2) is 141 Å². The summed E-state index contributed by atoms with van der Waals surface area (Å²) >= 11 is 13.1. The average Bonchev–Trinajstić information content (AvgIpc) is 1.61. The summed E-state index contributed by atoms with van der Waals surface area (Å²) in [7, 11) is -8.74. The maximum atomic E-state index is 14.6. The molecule has 8 N–H and O–H groups in total. The van der Waals surface area contributed by atoms with E-state index in [-0.39, 0.29) is 66.1 Å². The number of alkyl halides is 5. The van der Waals surface area contributed by atoms with Gasteiger partial charge in [0.2, 0.25) is 11.9 Å². The van der Waals surface area contributed by atoms with Gasteiger partial charge < -0.3 is 46.9 Å². The molecule has 0 spiro atoms. The SMILES string of the molecule is C.C.CC(C)(C)OC(=O)NCC(F)(F)C(=O)N[C@H]1CCC[C@@H](Nc2ncc(Cl)c(-c3cn(S(=O)(=O)c4ccccc4)c4ccccc34)n2)C1.CC(C)(C)OC(=O)NCC(F)(F)C(=O)O.Cl.N[C@H]1CCC[C@@H](Nc2ncc(Cl)c(-c3cn(S(=O)(=O)c4ccccc4)c4ccccc34)n2)C1.[2H]CF. The Bertz CT molecular complexity index is 4330. The highest BCUT2D eigenvalue weighted by molar-refractivity contribution is 7.90. The van der Waals surface area contributed by atoms with Crippen LogP contribution < -0.4 is 32.3 Å². The summed E-state index contributed by atoms with van der Waals surface area (Å²) in [5.74, 6) is -11.0. The van der Waals surface area contributed by atoms with Crippen molar-refractivity contribution in [2.45, 2.75) is 165 Å². The number of ether oxygens (including phenoxy) is 2. The standard InChI is InChI=1S/C32H35ClF2N6O5S.C24H24ClN5O2S.C8H13F2NO4.CH3F.2CH4.ClH/c1-31(2,3)46-30(43)37-19-32(34,35)28(42)38-20-10-9-11-21(16-20)39-29-36-17-25(33)27(40-29)24-18-41(26-15-8-7-14-23(24)26)47(44,45)22-12-5-4-6-13-22;25-21-14-27-24(28-17-8-6-7-16(26)13-17)29-23(21)20-15-30(22-12-5-4-11-19(20)22)33(31,32)18-9-2-1-3-10-18;1-7(2,3)15-6(14)11-4-8(9,10)5(12)13;1-2;;;/h4-8,12-15,17-18,20-21H,9-11,16,19H2,1-3H3,(H,37,43)(H,38,42)(H,36,39,40);1-5,9-12,14-17H,6-8,13,26H2,(H,27,28,29);4H2,1-3H3,(H,11,14)(H,12,13);1H3;2*1H4;1H/t20-,21+;16-,17+;;;;;/m00...../s1/i;;;1D;;;. The Morgan fingerprint density at radius 2 is 0.980 bits per heavy atom. The molecule has 8 aromatic rings. The highest BCUT2D eigenvalue weighted by Gasteiger charge is 2.42. The Morgan fingerprint density at radius 1 is 0.610 bits per heavy atom. The van der Waals surface area contributed by atoms with Crippen LogP contribution in [0.2, 0.25) is 10.0 Å². The zero-order valence-corrected chi connectivity index (χ0v) is 57.9. The van der Waals surface area contributed by atoms with E-state index < -0.39 is 93.4 Å². The van der Waals surface area contributed by atoms with Gasteiger partial charge in [-0.3, -0.25) is 9.18 Å². The Kier molecular flexibility index (Phi) is 29.4. The monoisotopic (exact) mass is 1500 g/mol. The largest absolute Gasteiger partial charge is 0.477 e. The van der Waals surface area contributed by atoms with Crippen molar-refractivity contribution in [3.05, 3.63) is 144 Å². The van der Waals surface area contributed by atoms with Crippen LogP contribution in [0, 0.1) is 0 Å². The third kappa shape index (κ3) is 22.3. The number of alkyl carbamates (subject to hydrolysis) is 2. The fourth-order valence-electron chi connectivity index (χ4n) is 10.4. The number of hydrogen-bond donors (Lipinski definition) is 7. The molecule has 3 amide bonds. The molecular weight excluding hydrogens is 1410 g/mol. The van der Waals surface area contributed by atoms with Crippen LogP contribution in [0.4, 0.5) is 43.4 Å². The van der Waals surface area contributed by atoms with Crippen molar-refractivity contribution in [2.24, 2.45) is 5.73 Å².